The first kappa shape index (κ1) is 37.7. The Morgan fingerprint density at radius 1 is 1.16 bits per heavy atom. The number of likely N-dealkylation sites (N-methyl/N-ethyl adjacent to an activating group) is 1. The van der Waals surface area contributed by atoms with E-state index in [1.165, 1.54) is 5.57 Å². The molecule has 0 aromatic carbocycles. The van der Waals surface area contributed by atoms with Crippen molar-refractivity contribution in [2.45, 2.75) is 118 Å². The minimum atomic E-state index is -0.631. The average Bonchev–Trinajstić information content (AvgIpc) is 3.48. The lowest BCUT2D eigenvalue weighted by atomic mass is 9.34. The number of nitrogen functional groups attached to an aromatic ring is 1. The van der Waals surface area contributed by atoms with Crippen molar-refractivity contribution in [1.29, 1.82) is 0 Å². The van der Waals surface area contributed by atoms with Crippen LogP contribution in [0.25, 0.3) is 0 Å². The number of methoxy groups -OCH3 is 1. The molecule has 12 atom stereocenters. The maximum Gasteiger partial charge on any atom is 0.307 e. The Morgan fingerprint density at radius 2 is 1.88 bits per heavy atom. The van der Waals surface area contributed by atoms with Crippen LogP contribution in [0.2, 0.25) is 0 Å². The number of ether oxygens (including phenoxy) is 3. The minimum Gasteiger partial charge on any atom is -0.481 e. The summed E-state index contributed by atoms with van der Waals surface area (Å²) in [6.45, 7) is 20.8. The summed E-state index contributed by atoms with van der Waals surface area (Å²) in [6.07, 6.45) is 8.70. The molecule has 5 aliphatic rings. The summed E-state index contributed by atoms with van der Waals surface area (Å²) in [4.78, 5) is 17.4. The van der Waals surface area contributed by atoms with Gasteiger partial charge in [0.05, 0.1) is 31.8 Å². The van der Waals surface area contributed by atoms with Crippen molar-refractivity contribution in [2.75, 3.05) is 53.4 Å². The van der Waals surface area contributed by atoms with Gasteiger partial charge < -0.3 is 30.0 Å². The molecule has 1 aliphatic heterocycles. The molecule has 50 heavy (non-hydrogen) atoms. The molecule has 0 spiro atoms. The zero-order valence-corrected chi connectivity index (χ0v) is 32.8. The van der Waals surface area contributed by atoms with Gasteiger partial charge in [0.2, 0.25) is 0 Å². The molecule has 11 nitrogen and oxygen atoms in total. The standard InChI is InChI=1S/C39H66N6O5/c1-24(2)25(3)35(5)16-17-37(7)26-12-13-29-36(6)22-49-23-39(29,27(26)14-15-38(37,8)30(35)32(46)47)20-28(45-42-33(40)41-43-45)31(36)50-21-34(4,44(9)10)18-19-48-11/h14,24-26,28-31H,12-13,15-23H2,1-11H3,(H2,40,42)(H,46,47)/t25-,26+,28-,29+,30-,31+,34?,35-,36-,37-,38+,39+/m1/s1. The third kappa shape index (κ3) is 5.32. The van der Waals surface area contributed by atoms with Crippen LogP contribution in [0.15, 0.2) is 11.6 Å². The van der Waals surface area contributed by atoms with E-state index in [-0.39, 0.29) is 56.6 Å². The number of hydrogen-bond acceptors (Lipinski definition) is 9. The topological polar surface area (TPSA) is 138 Å². The molecule has 4 aliphatic carbocycles. The number of nitrogens with zero attached hydrogens (tertiary/aromatic N) is 5. The maximum atomic E-state index is 13.5. The van der Waals surface area contributed by atoms with Gasteiger partial charge in [-0.15, -0.1) is 5.10 Å². The molecule has 282 valence electrons. The number of carbonyl (C=O) groups is 1. The van der Waals surface area contributed by atoms with Gasteiger partial charge in [0, 0.05) is 30.1 Å². The fourth-order valence-corrected chi connectivity index (χ4v) is 12.5. The molecule has 1 aromatic rings. The first-order valence-electron chi connectivity index (χ1n) is 19.2. The lowest BCUT2D eigenvalue weighted by molar-refractivity contribution is -0.255. The Bertz CT molecular complexity index is 1470. The van der Waals surface area contributed by atoms with Gasteiger partial charge in [-0.3, -0.25) is 4.79 Å². The summed E-state index contributed by atoms with van der Waals surface area (Å²) < 4.78 is 19.4. The lowest BCUT2D eigenvalue weighted by Crippen LogP contribution is -2.69. The van der Waals surface area contributed by atoms with Gasteiger partial charge in [0.1, 0.15) is 6.04 Å². The summed E-state index contributed by atoms with van der Waals surface area (Å²) in [5.41, 5.74) is 6.01. The summed E-state index contributed by atoms with van der Waals surface area (Å²) >= 11 is 0. The van der Waals surface area contributed by atoms with Crippen molar-refractivity contribution in [1.82, 2.24) is 25.1 Å². The van der Waals surface area contributed by atoms with Crippen LogP contribution in [0, 0.1) is 56.7 Å². The SMILES string of the molecule is COCCC(C)(CO[C@H]1[C@H](n2nnc(N)n2)C[C@@]23COC[C@]1(C)[C@@H]2CC[C@H]1C3=CC[C@@]2(C)[C@H](C(=O)O)[C@@](C)([C@H](C)C(C)C)CC[C@]12C)N(C)C. The van der Waals surface area contributed by atoms with Crippen LogP contribution in [0.4, 0.5) is 5.95 Å². The zero-order chi connectivity index (χ0) is 36.7. The second kappa shape index (κ2) is 12.8. The number of aromatic nitrogens is 4. The molecule has 2 heterocycles. The van der Waals surface area contributed by atoms with E-state index in [0.29, 0.717) is 44.2 Å². The van der Waals surface area contributed by atoms with E-state index in [0.717, 1.165) is 44.9 Å². The number of hydrogen-bond donors (Lipinski definition) is 2. The highest BCUT2D eigenvalue weighted by molar-refractivity contribution is 5.73. The lowest BCUT2D eigenvalue weighted by Gasteiger charge is -2.71. The number of tetrazole rings is 1. The second-order valence-corrected chi connectivity index (χ2v) is 19.0. The molecule has 1 unspecified atom stereocenters. The third-order valence-corrected chi connectivity index (χ3v) is 16.3. The zero-order valence-electron chi connectivity index (χ0n) is 32.8. The predicted molar refractivity (Wildman–Crippen MR) is 193 cm³/mol. The summed E-state index contributed by atoms with van der Waals surface area (Å²) in [5, 5.41) is 24.3. The highest BCUT2D eigenvalue weighted by Gasteiger charge is 2.72. The van der Waals surface area contributed by atoms with Crippen LogP contribution < -0.4 is 5.73 Å². The number of carboxylic acids is 1. The van der Waals surface area contributed by atoms with Crippen molar-refractivity contribution in [3.63, 3.8) is 0 Å². The number of aliphatic carboxylic acids is 1. The van der Waals surface area contributed by atoms with Crippen molar-refractivity contribution in [3.8, 4) is 0 Å². The van der Waals surface area contributed by atoms with E-state index in [2.05, 4.69) is 95.9 Å². The van der Waals surface area contributed by atoms with E-state index in [4.69, 9.17) is 19.9 Å². The first-order valence-corrected chi connectivity index (χ1v) is 19.2. The van der Waals surface area contributed by atoms with Crippen LogP contribution in [-0.2, 0) is 19.0 Å². The van der Waals surface area contributed by atoms with Crippen molar-refractivity contribution in [3.05, 3.63) is 11.6 Å². The molecule has 2 bridgehead atoms. The van der Waals surface area contributed by atoms with E-state index in [9.17, 15) is 9.90 Å². The maximum absolute atomic E-state index is 13.5. The Morgan fingerprint density at radius 3 is 2.48 bits per heavy atom. The molecule has 0 amide bonds. The van der Waals surface area contributed by atoms with Gasteiger partial charge in [0.15, 0.2) is 0 Å². The second-order valence-electron chi connectivity index (χ2n) is 19.0. The number of rotatable bonds is 11. The van der Waals surface area contributed by atoms with Crippen LogP contribution in [-0.4, -0.2) is 95.5 Å². The molecular weight excluding hydrogens is 632 g/mol. The van der Waals surface area contributed by atoms with Crippen LogP contribution >= 0.6 is 0 Å². The third-order valence-electron chi connectivity index (χ3n) is 16.3. The van der Waals surface area contributed by atoms with E-state index in [1.807, 2.05) is 0 Å². The fraction of sp³-hybridized carbons (Fsp3) is 0.897. The number of nitrogens with two attached hydrogens (primary N) is 1. The van der Waals surface area contributed by atoms with Gasteiger partial charge in [0.25, 0.3) is 5.95 Å². The Balaban J connectivity index is 1.42. The summed E-state index contributed by atoms with van der Waals surface area (Å²) in [5.74, 6) is 0.456. The van der Waals surface area contributed by atoms with Crippen molar-refractivity contribution < 1.29 is 24.1 Å². The quantitative estimate of drug-likeness (QED) is 0.260. The van der Waals surface area contributed by atoms with E-state index >= 15 is 0 Å². The smallest absolute Gasteiger partial charge is 0.307 e. The normalized spacial score (nSPS) is 43.0. The average molecular weight is 699 g/mol. The molecule has 4 fully saturated rings. The van der Waals surface area contributed by atoms with Crippen molar-refractivity contribution in [2.24, 2.45) is 56.7 Å². The number of carboxylic acid groups (broad SMARTS) is 1. The molecule has 1 saturated heterocycles. The summed E-state index contributed by atoms with van der Waals surface area (Å²) in [6, 6.07) is -0.187. The predicted octanol–water partition coefficient (Wildman–Crippen LogP) is 6.13. The number of fused-ring (bicyclic) bond motifs is 3. The van der Waals surface area contributed by atoms with Gasteiger partial charge in [-0.05, 0) is 111 Å². The van der Waals surface area contributed by atoms with E-state index < -0.39 is 11.9 Å². The number of allylic oxidation sites excluding steroid dienone is 1. The highest BCUT2D eigenvalue weighted by Crippen LogP contribution is 2.75. The van der Waals surface area contributed by atoms with Gasteiger partial charge in [-0.25, -0.2) is 0 Å². The fourth-order valence-electron chi connectivity index (χ4n) is 12.5. The minimum absolute atomic E-state index is 0.155. The van der Waals surface area contributed by atoms with Crippen molar-refractivity contribution >= 4 is 11.9 Å². The molecular formula is C39H66N6O5. The van der Waals surface area contributed by atoms with E-state index in [1.54, 1.807) is 11.9 Å². The number of anilines is 1. The molecule has 0 radical (unpaired) electrons. The summed E-state index contributed by atoms with van der Waals surface area (Å²) in [7, 11) is 5.95. The largest absolute Gasteiger partial charge is 0.481 e. The molecule has 3 N–H and O–H groups in total. The van der Waals surface area contributed by atoms with Gasteiger partial charge in [-0.2, -0.15) is 4.80 Å². The van der Waals surface area contributed by atoms with Crippen LogP contribution in [0.5, 0.6) is 0 Å². The highest BCUT2D eigenvalue weighted by atomic mass is 16.5. The van der Waals surface area contributed by atoms with Gasteiger partial charge in [-0.1, -0.05) is 65.2 Å². The van der Waals surface area contributed by atoms with Crippen LogP contribution in [0.3, 0.4) is 0 Å². The van der Waals surface area contributed by atoms with Gasteiger partial charge >= 0.3 is 5.97 Å². The Hall–Kier alpha value is -2.08. The molecule has 3 saturated carbocycles. The molecule has 1 aromatic heterocycles. The molecule has 6 rings (SSSR count). The Kier molecular flexibility index (Phi) is 9.64. The molecule has 11 heteroatoms. The Labute approximate surface area is 300 Å². The monoisotopic (exact) mass is 699 g/mol. The first-order chi connectivity index (χ1) is 23.3. The van der Waals surface area contributed by atoms with Crippen LogP contribution in [0.1, 0.15) is 106 Å².